The smallest absolute Gasteiger partial charge is 0.334 e. The van der Waals surface area contributed by atoms with Crippen LogP contribution in [0, 0.1) is 73.2 Å². The van der Waals surface area contributed by atoms with Gasteiger partial charge in [-0.1, -0.05) is 89.9 Å². The van der Waals surface area contributed by atoms with Crippen LogP contribution >= 0.6 is 68.4 Å². The second kappa shape index (κ2) is 42.8. The van der Waals surface area contributed by atoms with Crippen LogP contribution in [-0.2, 0) is 22.4 Å². The predicted molar refractivity (Wildman–Crippen MR) is 466 cm³/mol. The third-order valence-electron chi connectivity index (χ3n) is 19.6. The van der Waals surface area contributed by atoms with E-state index in [1.54, 1.807) is 45.2 Å². The van der Waals surface area contributed by atoms with Gasteiger partial charge in [0, 0.05) is 51.6 Å². The Hall–Kier alpha value is -12.4. The van der Waals surface area contributed by atoms with Gasteiger partial charge < -0.3 is 42.5 Å². The van der Waals surface area contributed by atoms with Gasteiger partial charge in [0.25, 0.3) is 47.3 Å². The van der Waals surface area contributed by atoms with Crippen molar-refractivity contribution < 1.29 is 157 Å². The Morgan fingerprint density at radius 3 is 0.856 bits per heavy atom. The molecule has 8 aromatic rings. The van der Waals surface area contributed by atoms with Crippen LogP contribution in [0.2, 0.25) is 10.0 Å². The van der Waals surface area contributed by atoms with Crippen molar-refractivity contribution in [2.24, 2.45) is 0 Å². The first-order valence-electron chi connectivity index (χ1n) is 38.4. The summed E-state index contributed by atoms with van der Waals surface area (Å²) in [5.41, 5.74) is -35.2. The maximum Gasteiger partial charge on any atom is 0.435 e. The van der Waals surface area contributed by atoms with Gasteiger partial charge in [0.15, 0.2) is 5.41 Å². The Balaban J connectivity index is 0.000000327. The maximum absolute atomic E-state index is 14.3. The lowest BCUT2D eigenvalue weighted by atomic mass is 9.80. The second-order valence-corrected chi connectivity index (χ2v) is 35.2. The average molecular weight is 2260 g/mol. The van der Waals surface area contributed by atoms with E-state index in [1.165, 1.54) is 123 Å². The number of rotatable bonds is 20. The zero-order valence-corrected chi connectivity index (χ0v) is 78.5. The molecule has 8 N–H and O–H groups in total. The number of nitrogens with zero attached hydrogens (tertiary/aromatic N) is 4. The van der Waals surface area contributed by atoms with Crippen molar-refractivity contribution >= 4 is 138 Å². The Kier molecular flexibility index (Phi) is 36.0. The largest absolute Gasteiger partial charge is 0.435 e. The van der Waals surface area contributed by atoms with E-state index in [1.807, 2.05) is 24.3 Å². The van der Waals surface area contributed by atoms with Crippen LogP contribution in [-0.4, -0.2) is 119 Å². The normalized spacial score (nSPS) is 12.6. The summed E-state index contributed by atoms with van der Waals surface area (Å²) >= 11 is 15.6. The lowest BCUT2D eigenvalue weighted by Crippen LogP contribution is -2.51. The number of hydrogen-bond donors (Lipinski definition) is 8. The number of nitrogens with one attached hydrogen (secondary N) is 8. The molecule has 0 aliphatic heterocycles. The number of anilines is 4. The van der Waals surface area contributed by atoms with Crippen molar-refractivity contribution in [1.82, 2.24) is 21.3 Å². The third-order valence-corrected chi connectivity index (χ3v) is 21.9. The fourth-order valence-electron chi connectivity index (χ4n) is 11.9. The number of halogens is 31. The number of alkyl halides is 27. The third kappa shape index (κ3) is 26.8. The Labute approximate surface area is 807 Å². The van der Waals surface area contributed by atoms with Crippen molar-refractivity contribution in [2.45, 2.75) is 177 Å². The van der Waals surface area contributed by atoms with E-state index >= 15 is 0 Å². The molecule has 0 bridgehead atoms. The van der Waals surface area contributed by atoms with E-state index in [-0.39, 0.29) is 125 Å². The van der Waals surface area contributed by atoms with Crippen molar-refractivity contribution in [2.75, 3.05) is 21.3 Å². The van der Waals surface area contributed by atoms with Crippen LogP contribution in [0.15, 0.2) is 152 Å². The molecule has 139 heavy (non-hydrogen) atoms. The highest BCUT2D eigenvalue weighted by Gasteiger charge is 2.76. The number of hydrogen-bond acceptors (Lipinski definition) is 12. The minimum absolute atomic E-state index is 0.0413. The molecule has 746 valence electrons. The molecule has 0 aromatic heterocycles. The summed E-state index contributed by atoms with van der Waals surface area (Å²) in [5, 5.41) is 55.3. The van der Waals surface area contributed by atoms with E-state index in [4.69, 9.17) is 44.2 Å². The number of benzene rings is 8. The lowest BCUT2D eigenvalue weighted by molar-refractivity contribution is -0.349. The fraction of sp³-hybridized carbons (Fsp3) is 0.318. The molecule has 0 atom stereocenters. The second-order valence-electron chi connectivity index (χ2n) is 32.0. The highest BCUT2D eigenvalue weighted by molar-refractivity contribution is 14.1. The van der Waals surface area contributed by atoms with Gasteiger partial charge in [-0.05, 0) is 235 Å². The van der Waals surface area contributed by atoms with Crippen molar-refractivity contribution in [1.29, 1.82) is 21.0 Å². The van der Waals surface area contributed by atoms with Gasteiger partial charge in [0.1, 0.15) is 22.2 Å². The number of aryl methyl sites for hydroxylation is 3. The molecule has 8 aromatic carbocycles. The van der Waals surface area contributed by atoms with Gasteiger partial charge in [-0.3, -0.25) is 38.4 Å². The molecule has 8 rings (SSSR count). The molecule has 0 saturated heterocycles. The van der Waals surface area contributed by atoms with E-state index < -0.39 is 163 Å². The zero-order chi connectivity index (χ0) is 107. The quantitative estimate of drug-likeness (QED) is 0.0261. The van der Waals surface area contributed by atoms with Crippen LogP contribution in [0.25, 0.3) is 0 Å². The summed E-state index contributed by atoms with van der Waals surface area (Å²) < 4.78 is 357. The number of carbonyl (C=O) groups is 8. The van der Waals surface area contributed by atoms with Crippen LogP contribution in [0.1, 0.15) is 184 Å². The summed E-state index contributed by atoms with van der Waals surface area (Å²) in [7, 11) is 0. The van der Waals surface area contributed by atoms with Crippen molar-refractivity contribution in [3.8, 4) is 24.3 Å². The van der Waals surface area contributed by atoms with Crippen molar-refractivity contribution in [3.05, 3.63) is 252 Å². The molecular formula is C88H69Cl2F27I2N12O8. The number of nitriles is 4. The first-order chi connectivity index (χ1) is 63.0. The van der Waals surface area contributed by atoms with E-state index in [2.05, 4.69) is 42.5 Å². The lowest BCUT2D eigenvalue weighted by Gasteiger charge is -2.34. The van der Waals surface area contributed by atoms with E-state index in [9.17, 15) is 157 Å². The molecular weight excluding hydrogens is 2190 g/mol. The predicted octanol–water partition coefficient (Wildman–Crippen LogP) is 24.6. The van der Waals surface area contributed by atoms with E-state index in [0.29, 0.717) is 55.7 Å². The van der Waals surface area contributed by atoms with Crippen LogP contribution in [0.5, 0.6) is 0 Å². The topological polar surface area (TPSA) is 328 Å². The van der Waals surface area contributed by atoms with Crippen LogP contribution in [0.4, 0.5) is 141 Å². The zero-order valence-electron chi connectivity index (χ0n) is 72.7. The Bertz CT molecular complexity index is 5980. The van der Waals surface area contributed by atoms with Gasteiger partial charge in [-0.25, -0.2) is 13.2 Å². The van der Waals surface area contributed by atoms with Crippen LogP contribution < -0.4 is 42.5 Å². The summed E-state index contributed by atoms with van der Waals surface area (Å²) in [4.78, 5) is 102. The maximum atomic E-state index is 14.3. The molecule has 0 heterocycles. The highest BCUT2D eigenvalue weighted by Crippen LogP contribution is 2.58. The monoisotopic (exact) mass is 2260 g/mol. The summed E-state index contributed by atoms with van der Waals surface area (Å²) in [6.45, 7) is 14.8. The molecule has 51 heteroatoms. The first-order valence-corrected chi connectivity index (χ1v) is 41.3. The van der Waals surface area contributed by atoms with Gasteiger partial charge in [-0.2, -0.15) is 126 Å². The molecule has 0 aliphatic carbocycles. The number of amides is 8. The molecule has 8 amide bonds. The van der Waals surface area contributed by atoms with Gasteiger partial charge >= 0.3 is 66.4 Å². The minimum Gasteiger partial charge on any atom is -0.334 e. The standard InChI is InChI=1S/C23H20ClF6N3O2.C22H17ClF7N3O2.C22H17F7IN3O2.C21H15F7IN3O2/c1-12-10-13(21(4,22(25,26)27)23(28,29)30)8-9-16(12)32-18(34)14-6-5-7-15(24)17(14)19(35)33-20(2,3)11-31;1-11-8-12(20(24,21(25,26)27)22(28,29)30)4-7-16(11)32-17(34)14-6-5-13(23)9-15(14)18(35)33-19(2,3)10-31;1-11-9-12(20(23,21(24,25)26)22(27,28)29)7-8-15(11)32-17(34)13-5-4-6-14(30)16(13)18(35)33-19(2,3)10-31;1-18(2,10-30)32-17(34)15-13(4-3-5-14(15)29)16(33)31-12-8-6-11(7-9-12)19(22,20(23,24)25)21(26,27)28/h5-10H,1-4H3,(H,32,34)(H,33,35);2*4-9H,1-3H3,(H,32,34)(H,33,35);3-9H,1-2H3,(H,31,33)(H,32,34). The van der Waals surface area contributed by atoms with Gasteiger partial charge in [0.2, 0.25) is 0 Å². The Morgan fingerprint density at radius 1 is 0.281 bits per heavy atom. The average Bonchev–Trinajstić information content (AvgIpc) is 0.750. The molecule has 0 aliphatic rings. The Morgan fingerprint density at radius 2 is 0.547 bits per heavy atom. The summed E-state index contributed by atoms with van der Waals surface area (Å²) in [6.07, 6.45) is -48.9. The molecule has 0 saturated carbocycles. The SMILES string of the molecule is CC(C)(C#N)NC(=O)c1c(I)cccc1C(=O)Nc1ccc(C(F)(C(F)(F)F)C(F)(F)F)cc1.Cc1cc(C(C)(C(F)(F)F)C(F)(F)F)ccc1NC(=O)c1cccc(Cl)c1C(=O)NC(C)(C)C#N.Cc1cc(C(F)(C(F)(F)F)C(F)(F)F)ccc1NC(=O)c1ccc(Cl)cc1C(=O)NC(C)(C)C#N.Cc1cc(C(F)(C(F)(F)F)C(F)(F)F)ccc1NC(=O)c1cccc(I)c1C(=O)NC(C)(C)C#N. The van der Waals surface area contributed by atoms with Crippen LogP contribution in [0.3, 0.4) is 0 Å². The fourth-order valence-corrected chi connectivity index (χ4v) is 13.8. The molecule has 0 spiro atoms. The molecule has 0 radical (unpaired) electrons. The van der Waals surface area contributed by atoms with Gasteiger partial charge in [0.05, 0.1) is 73.8 Å². The van der Waals surface area contributed by atoms with Gasteiger partial charge in [-0.15, -0.1) is 0 Å². The highest BCUT2D eigenvalue weighted by atomic mass is 127. The molecule has 0 fully saturated rings. The molecule has 20 nitrogen and oxygen atoms in total. The van der Waals surface area contributed by atoms with E-state index in [0.717, 1.165) is 32.0 Å². The van der Waals surface area contributed by atoms with Crippen molar-refractivity contribution in [3.63, 3.8) is 0 Å². The molecule has 0 unspecified atom stereocenters. The summed E-state index contributed by atoms with van der Waals surface area (Å²) in [5.74, 6) is -6.85. The summed E-state index contributed by atoms with van der Waals surface area (Å²) in [6, 6.07) is 30.1. The minimum atomic E-state index is -6.29. The first kappa shape index (κ1) is 117. The number of carbonyl (C=O) groups excluding carboxylic acids is 8.